The molecule has 0 aromatic heterocycles. The van der Waals surface area contributed by atoms with Gasteiger partial charge in [0.05, 0.1) is 0 Å². The van der Waals surface area contributed by atoms with E-state index < -0.39 is 10.9 Å². The zero-order chi connectivity index (χ0) is 10.6. The molecule has 0 saturated heterocycles. The van der Waals surface area contributed by atoms with Crippen LogP contribution in [0.25, 0.3) is 0 Å². The third-order valence-corrected chi connectivity index (χ3v) is 2.49. The van der Waals surface area contributed by atoms with Crippen LogP contribution in [0.2, 0.25) is 0 Å². The van der Waals surface area contributed by atoms with Crippen LogP contribution in [0.1, 0.15) is 0 Å². The zero-order valence-corrected chi connectivity index (χ0v) is 8.46. The summed E-state index contributed by atoms with van der Waals surface area (Å²) in [6.07, 6.45) is 0. The van der Waals surface area contributed by atoms with Crippen molar-refractivity contribution in [3.05, 3.63) is 30.3 Å². The van der Waals surface area contributed by atoms with Crippen molar-refractivity contribution >= 4 is 29.2 Å². The number of nitrogens with one attached hydrogen (secondary N) is 1. The Morgan fingerprint density at radius 1 is 1.29 bits per heavy atom. The second-order valence-electron chi connectivity index (χ2n) is 2.44. The molecule has 0 fully saturated rings. The van der Waals surface area contributed by atoms with Crippen molar-refractivity contribution < 1.29 is 13.2 Å². The van der Waals surface area contributed by atoms with Gasteiger partial charge in [0.15, 0.2) is 0 Å². The van der Waals surface area contributed by atoms with Crippen molar-refractivity contribution in [2.24, 2.45) is 0 Å². The summed E-state index contributed by atoms with van der Waals surface area (Å²) in [5, 5.41) is -3.85. The van der Waals surface area contributed by atoms with Crippen LogP contribution in [0.3, 0.4) is 0 Å². The van der Waals surface area contributed by atoms with Crippen LogP contribution in [0.4, 0.5) is 18.9 Å². The highest BCUT2D eigenvalue weighted by molar-refractivity contribution is 8.01. The fourth-order valence-corrected chi connectivity index (χ4v) is 1.34. The highest BCUT2D eigenvalue weighted by atomic mass is 35.5. The highest BCUT2D eigenvalue weighted by Crippen LogP contribution is 2.33. The van der Waals surface area contributed by atoms with E-state index in [1.54, 1.807) is 30.3 Å². The lowest BCUT2D eigenvalue weighted by molar-refractivity contribution is 0.0488. The number of benzene rings is 1. The molecule has 1 nitrogen and oxygen atoms in total. The van der Waals surface area contributed by atoms with Crippen molar-refractivity contribution in [1.82, 2.24) is 0 Å². The molecule has 78 valence electrons. The number of anilines is 1. The lowest BCUT2D eigenvalue weighted by Gasteiger charge is -2.13. The predicted octanol–water partition coefficient (Wildman–Crippen LogP) is 3.87. The van der Waals surface area contributed by atoms with Crippen LogP contribution in [0.15, 0.2) is 30.3 Å². The lowest BCUT2D eigenvalue weighted by atomic mass is 10.3. The topological polar surface area (TPSA) is 12.0 Å². The predicted molar refractivity (Wildman–Crippen MR) is 53.4 cm³/mol. The van der Waals surface area contributed by atoms with Crippen molar-refractivity contribution in [3.63, 3.8) is 0 Å². The normalized spacial score (nSPS) is 13.7. The third-order valence-electron chi connectivity index (χ3n) is 1.31. The van der Waals surface area contributed by atoms with Crippen LogP contribution in [-0.4, -0.2) is 10.9 Å². The van der Waals surface area contributed by atoms with Gasteiger partial charge in [0.1, 0.15) is 0 Å². The number of hydrogen-bond acceptors (Lipinski definition) is 2. The number of rotatable bonds is 4. The first-order valence-corrected chi connectivity index (χ1v) is 4.93. The van der Waals surface area contributed by atoms with Gasteiger partial charge in [-0.05, 0) is 35.7 Å². The highest BCUT2D eigenvalue weighted by Gasteiger charge is 2.38. The summed E-state index contributed by atoms with van der Waals surface area (Å²) in [7, 11) is 0. The maximum Gasteiger partial charge on any atom is 0.363 e. The molecule has 0 aliphatic rings. The first-order chi connectivity index (χ1) is 6.50. The van der Waals surface area contributed by atoms with Crippen LogP contribution < -0.4 is 4.72 Å². The Morgan fingerprint density at radius 2 is 1.86 bits per heavy atom. The van der Waals surface area contributed by atoms with E-state index in [1.807, 2.05) is 0 Å². The van der Waals surface area contributed by atoms with Gasteiger partial charge in [-0.3, -0.25) is 0 Å². The number of alkyl halides is 4. The minimum atomic E-state index is -3.85. The van der Waals surface area contributed by atoms with E-state index >= 15 is 0 Å². The van der Waals surface area contributed by atoms with Gasteiger partial charge in [-0.1, -0.05) is 18.2 Å². The number of halogens is 4. The average molecular weight is 242 g/mol. The molecule has 1 unspecified atom stereocenters. The molecule has 0 radical (unpaired) electrons. The van der Waals surface area contributed by atoms with Gasteiger partial charge in [0.25, 0.3) is 0 Å². The van der Waals surface area contributed by atoms with E-state index in [9.17, 15) is 13.2 Å². The largest absolute Gasteiger partial charge is 0.363 e. The Morgan fingerprint density at radius 3 is 2.36 bits per heavy atom. The SMILES string of the molecule is FC(SNc1ccccc1)C(F)(F)Cl. The smallest absolute Gasteiger partial charge is 0.327 e. The second kappa shape index (κ2) is 4.79. The van der Waals surface area contributed by atoms with Gasteiger partial charge in [-0.25, -0.2) is 4.39 Å². The summed E-state index contributed by atoms with van der Waals surface area (Å²) < 4.78 is 39.3. The molecule has 0 spiro atoms. The molecule has 6 heteroatoms. The average Bonchev–Trinajstić information content (AvgIpc) is 2.14. The summed E-state index contributed by atoms with van der Waals surface area (Å²) >= 11 is 4.72. The van der Waals surface area contributed by atoms with E-state index in [0.717, 1.165) is 0 Å². The van der Waals surface area contributed by atoms with Crippen LogP contribution in [-0.2, 0) is 0 Å². The fourth-order valence-electron chi connectivity index (χ4n) is 0.693. The molecule has 1 aromatic carbocycles. The van der Waals surface area contributed by atoms with Crippen molar-refractivity contribution in [3.8, 4) is 0 Å². The maximum absolute atomic E-state index is 12.6. The van der Waals surface area contributed by atoms with Crippen molar-refractivity contribution in [1.29, 1.82) is 0 Å². The van der Waals surface area contributed by atoms with Crippen LogP contribution >= 0.6 is 23.5 Å². The molecular formula is C8H7ClF3NS. The number of hydrogen-bond donors (Lipinski definition) is 1. The summed E-state index contributed by atoms with van der Waals surface area (Å²) in [6, 6.07) is 8.43. The minimum absolute atomic E-state index is 0.238. The Labute approximate surface area is 88.8 Å². The van der Waals surface area contributed by atoms with Crippen molar-refractivity contribution in [2.45, 2.75) is 10.9 Å². The van der Waals surface area contributed by atoms with Gasteiger partial charge in [-0.2, -0.15) is 8.78 Å². The summed E-state index contributed by atoms with van der Waals surface area (Å²) in [5.74, 6) is 0. The second-order valence-corrected chi connectivity index (χ2v) is 3.80. The fraction of sp³-hybridized carbons (Fsp3) is 0.250. The summed E-state index contributed by atoms with van der Waals surface area (Å²) in [4.78, 5) is 0. The van der Waals surface area contributed by atoms with Gasteiger partial charge >= 0.3 is 5.38 Å². The molecule has 0 saturated carbocycles. The van der Waals surface area contributed by atoms with Gasteiger partial charge in [-0.15, -0.1) is 0 Å². The van der Waals surface area contributed by atoms with E-state index in [4.69, 9.17) is 0 Å². The first kappa shape index (κ1) is 11.5. The van der Waals surface area contributed by atoms with Crippen molar-refractivity contribution in [2.75, 3.05) is 4.72 Å². The van der Waals surface area contributed by atoms with E-state index in [-0.39, 0.29) is 11.9 Å². The van der Waals surface area contributed by atoms with Gasteiger partial charge in [0, 0.05) is 5.69 Å². The van der Waals surface area contributed by atoms with E-state index in [0.29, 0.717) is 5.69 Å². The third kappa shape index (κ3) is 3.67. The van der Waals surface area contributed by atoms with E-state index in [1.165, 1.54) is 0 Å². The Balaban J connectivity index is 2.42. The van der Waals surface area contributed by atoms with Crippen LogP contribution in [0.5, 0.6) is 0 Å². The molecule has 0 aliphatic carbocycles. The molecule has 1 aromatic rings. The zero-order valence-electron chi connectivity index (χ0n) is 6.88. The molecule has 0 aliphatic heterocycles. The Bertz CT molecular complexity index is 278. The molecular weight excluding hydrogens is 235 g/mol. The summed E-state index contributed by atoms with van der Waals surface area (Å²) in [5.41, 5.74) is -1.94. The summed E-state index contributed by atoms with van der Waals surface area (Å²) in [6.45, 7) is 0. The lowest BCUT2D eigenvalue weighted by Crippen LogP contribution is -2.20. The number of para-hydroxylation sites is 1. The maximum atomic E-state index is 12.6. The molecule has 1 rings (SSSR count). The van der Waals surface area contributed by atoms with Gasteiger partial charge in [0.2, 0.25) is 5.50 Å². The van der Waals surface area contributed by atoms with Gasteiger partial charge < -0.3 is 4.72 Å². The quantitative estimate of drug-likeness (QED) is 0.634. The first-order valence-electron chi connectivity index (χ1n) is 3.67. The molecule has 14 heavy (non-hydrogen) atoms. The molecule has 0 amide bonds. The van der Waals surface area contributed by atoms with E-state index in [2.05, 4.69) is 16.3 Å². The Kier molecular flexibility index (Phi) is 3.95. The van der Waals surface area contributed by atoms with Crippen LogP contribution in [0, 0.1) is 0 Å². The molecule has 0 bridgehead atoms. The molecule has 1 N–H and O–H groups in total. The molecule has 0 heterocycles. The Hall–Kier alpha value is -0.550. The molecule has 1 atom stereocenters. The minimum Gasteiger partial charge on any atom is -0.327 e. The monoisotopic (exact) mass is 241 g/mol. The standard InChI is InChI=1S/C8H7ClF3NS/c9-8(11,12)7(10)14-13-6-4-2-1-3-5-6/h1-5,7,13H.